The largest absolute Gasteiger partial charge is 0.335 e. The lowest BCUT2D eigenvalue weighted by molar-refractivity contribution is 0.0622. The highest BCUT2D eigenvalue weighted by Gasteiger charge is 2.23. The maximum absolute atomic E-state index is 12.5. The van der Waals surface area contributed by atoms with Crippen LogP contribution in [0.3, 0.4) is 0 Å². The number of nitrogens with zero attached hydrogens (tertiary/aromatic N) is 4. The normalized spacial score (nSPS) is 16.0. The molecule has 2 aromatic rings. The topological polar surface area (TPSA) is 41.4 Å². The van der Waals surface area contributed by atoms with Crippen LogP contribution in [-0.2, 0) is 13.6 Å². The summed E-state index contributed by atoms with van der Waals surface area (Å²) in [5, 5.41) is 4.28. The van der Waals surface area contributed by atoms with E-state index in [-0.39, 0.29) is 5.91 Å². The number of aromatic nitrogens is 2. The summed E-state index contributed by atoms with van der Waals surface area (Å²) >= 11 is 0. The Morgan fingerprint density at radius 2 is 1.82 bits per heavy atom. The van der Waals surface area contributed by atoms with Gasteiger partial charge in [0, 0.05) is 45.5 Å². The maximum Gasteiger partial charge on any atom is 0.274 e. The fourth-order valence-electron chi connectivity index (χ4n) is 2.78. The lowest BCUT2D eigenvalue weighted by Crippen LogP contribution is -2.48. The SMILES string of the molecule is Cc1cc(C(=O)N2CCN(Cc3ccccc3)CC2)nn1C. The van der Waals surface area contributed by atoms with E-state index >= 15 is 0 Å². The smallest absolute Gasteiger partial charge is 0.274 e. The van der Waals surface area contributed by atoms with Gasteiger partial charge in [-0.25, -0.2) is 0 Å². The Kier molecular flexibility index (Phi) is 4.24. The summed E-state index contributed by atoms with van der Waals surface area (Å²) < 4.78 is 1.75. The number of rotatable bonds is 3. The summed E-state index contributed by atoms with van der Waals surface area (Å²) in [4.78, 5) is 16.8. The molecule has 0 N–H and O–H groups in total. The van der Waals surface area contributed by atoms with Crippen LogP contribution in [0.25, 0.3) is 0 Å². The van der Waals surface area contributed by atoms with Crippen molar-refractivity contribution in [1.82, 2.24) is 19.6 Å². The lowest BCUT2D eigenvalue weighted by Gasteiger charge is -2.34. The predicted octanol–water partition coefficient (Wildman–Crippen LogP) is 1.69. The molecule has 0 spiro atoms. The van der Waals surface area contributed by atoms with Crippen LogP contribution in [0.5, 0.6) is 0 Å². The summed E-state index contributed by atoms with van der Waals surface area (Å²) in [6.07, 6.45) is 0. The first kappa shape index (κ1) is 14.8. The number of hydrogen-bond acceptors (Lipinski definition) is 3. The monoisotopic (exact) mass is 298 g/mol. The second kappa shape index (κ2) is 6.32. The van der Waals surface area contributed by atoms with Crippen molar-refractivity contribution in [3.8, 4) is 0 Å². The number of amides is 1. The average molecular weight is 298 g/mol. The lowest BCUT2D eigenvalue weighted by atomic mass is 10.2. The van der Waals surface area contributed by atoms with Crippen LogP contribution < -0.4 is 0 Å². The molecule has 2 heterocycles. The third kappa shape index (κ3) is 3.20. The van der Waals surface area contributed by atoms with Gasteiger partial charge in [0.05, 0.1) is 0 Å². The third-order valence-electron chi connectivity index (χ3n) is 4.24. The number of benzene rings is 1. The van der Waals surface area contributed by atoms with Crippen LogP contribution in [0.15, 0.2) is 36.4 Å². The first-order valence-electron chi connectivity index (χ1n) is 7.69. The van der Waals surface area contributed by atoms with Gasteiger partial charge in [-0.2, -0.15) is 5.10 Å². The summed E-state index contributed by atoms with van der Waals surface area (Å²) in [5.74, 6) is 0.0445. The van der Waals surface area contributed by atoms with E-state index in [9.17, 15) is 4.79 Å². The van der Waals surface area contributed by atoms with Crippen molar-refractivity contribution >= 4 is 5.91 Å². The molecular formula is C17H22N4O. The number of piperazine rings is 1. The predicted molar refractivity (Wildman–Crippen MR) is 85.6 cm³/mol. The first-order chi connectivity index (χ1) is 10.6. The van der Waals surface area contributed by atoms with Crippen LogP contribution in [0, 0.1) is 6.92 Å². The van der Waals surface area contributed by atoms with Crippen LogP contribution in [-0.4, -0.2) is 51.7 Å². The molecule has 5 nitrogen and oxygen atoms in total. The Hall–Kier alpha value is -2.14. The van der Waals surface area contributed by atoms with E-state index in [1.165, 1.54) is 5.56 Å². The highest BCUT2D eigenvalue weighted by Crippen LogP contribution is 2.11. The molecule has 22 heavy (non-hydrogen) atoms. The van der Waals surface area contributed by atoms with Crippen molar-refractivity contribution in [2.45, 2.75) is 13.5 Å². The summed E-state index contributed by atoms with van der Waals surface area (Å²) in [6.45, 7) is 6.26. The number of aryl methyl sites for hydroxylation is 2. The van der Waals surface area contributed by atoms with E-state index in [1.54, 1.807) is 4.68 Å². The average Bonchev–Trinajstić information content (AvgIpc) is 2.88. The van der Waals surface area contributed by atoms with Crippen LogP contribution in [0.4, 0.5) is 0 Å². The quantitative estimate of drug-likeness (QED) is 0.866. The zero-order valence-electron chi connectivity index (χ0n) is 13.2. The zero-order chi connectivity index (χ0) is 15.5. The molecule has 1 fully saturated rings. The molecule has 1 aromatic heterocycles. The van der Waals surface area contributed by atoms with Crippen LogP contribution in [0.2, 0.25) is 0 Å². The molecule has 0 unspecified atom stereocenters. The van der Waals surface area contributed by atoms with Crippen molar-refractivity contribution in [3.05, 3.63) is 53.3 Å². The van der Waals surface area contributed by atoms with Gasteiger partial charge in [-0.05, 0) is 18.6 Å². The molecule has 0 radical (unpaired) electrons. The second-order valence-corrected chi connectivity index (χ2v) is 5.85. The third-order valence-corrected chi connectivity index (χ3v) is 4.24. The van der Waals surface area contributed by atoms with Gasteiger partial charge in [-0.1, -0.05) is 30.3 Å². The van der Waals surface area contributed by atoms with Gasteiger partial charge in [0.25, 0.3) is 5.91 Å². The fourth-order valence-corrected chi connectivity index (χ4v) is 2.78. The first-order valence-corrected chi connectivity index (χ1v) is 7.69. The molecule has 0 bridgehead atoms. The molecule has 1 aromatic carbocycles. The molecule has 0 atom stereocenters. The molecular weight excluding hydrogens is 276 g/mol. The number of carbonyl (C=O) groups is 1. The van der Waals surface area contributed by atoms with E-state index in [0.29, 0.717) is 5.69 Å². The van der Waals surface area contributed by atoms with Crippen molar-refractivity contribution in [1.29, 1.82) is 0 Å². The molecule has 116 valence electrons. The second-order valence-electron chi connectivity index (χ2n) is 5.85. The highest BCUT2D eigenvalue weighted by atomic mass is 16.2. The fraction of sp³-hybridized carbons (Fsp3) is 0.412. The van der Waals surface area contributed by atoms with Gasteiger partial charge in [0.1, 0.15) is 0 Å². The van der Waals surface area contributed by atoms with E-state index in [0.717, 1.165) is 38.4 Å². The van der Waals surface area contributed by atoms with E-state index in [2.05, 4.69) is 34.3 Å². The molecule has 1 amide bonds. The molecule has 3 rings (SSSR count). The van der Waals surface area contributed by atoms with Crippen molar-refractivity contribution in [3.63, 3.8) is 0 Å². The van der Waals surface area contributed by atoms with Gasteiger partial charge in [0.15, 0.2) is 5.69 Å². The summed E-state index contributed by atoms with van der Waals surface area (Å²) in [7, 11) is 1.86. The van der Waals surface area contributed by atoms with Gasteiger partial charge < -0.3 is 4.90 Å². The van der Waals surface area contributed by atoms with E-state index in [1.807, 2.05) is 31.0 Å². The Bertz CT molecular complexity index is 622. The highest BCUT2D eigenvalue weighted by molar-refractivity contribution is 5.92. The number of carbonyl (C=O) groups excluding carboxylic acids is 1. The molecule has 1 saturated heterocycles. The Morgan fingerprint density at radius 1 is 1.14 bits per heavy atom. The zero-order valence-corrected chi connectivity index (χ0v) is 13.2. The standard InChI is InChI=1S/C17H22N4O/c1-14-12-16(18-19(14)2)17(22)21-10-8-20(9-11-21)13-15-6-4-3-5-7-15/h3-7,12H,8-11,13H2,1-2H3. The summed E-state index contributed by atoms with van der Waals surface area (Å²) in [6, 6.07) is 12.3. The minimum absolute atomic E-state index is 0.0445. The Balaban J connectivity index is 1.56. The Morgan fingerprint density at radius 3 is 2.41 bits per heavy atom. The minimum atomic E-state index is 0.0445. The van der Waals surface area contributed by atoms with Gasteiger partial charge in [-0.3, -0.25) is 14.4 Å². The molecule has 0 aliphatic carbocycles. The van der Waals surface area contributed by atoms with Crippen molar-refractivity contribution in [2.75, 3.05) is 26.2 Å². The minimum Gasteiger partial charge on any atom is -0.335 e. The van der Waals surface area contributed by atoms with Gasteiger partial charge >= 0.3 is 0 Å². The molecule has 1 aliphatic rings. The van der Waals surface area contributed by atoms with Crippen LogP contribution >= 0.6 is 0 Å². The van der Waals surface area contributed by atoms with Crippen molar-refractivity contribution < 1.29 is 4.79 Å². The number of hydrogen-bond donors (Lipinski definition) is 0. The molecule has 5 heteroatoms. The maximum atomic E-state index is 12.5. The van der Waals surface area contributed by atoms with Crippen LogP contribution in [0.1, 0.15) is 21.7 Å². The van der Waals surface area contributed by atoms with E-state index in [4.69, 9.17) is 0 Å². The van der Waals surface area contributed by atoms with Gasteiger partial charge in [-0.15, -0.1) is 0 Å². The van der Waals surface area contributed by atoms with Crippen molar-refractivity contribution in [2.24, 2.45) is 7.05 Å². The molecule has 1 aliphatic heterocycles. The Labute approximate surface area is 131 Å². The van der Waals surface area contributed by atoms with E-state index < -0.39 is 0 Å². The van der Waals surface area contributed by atoms with Gasteiger partial charge in [0.2, 0.25) is 0 Å². The summed E-state index contributed by atoms with van der Waals surface area (Å²) in [5.41, 5.74) is 2.88. The molecule has 0 saturated carbocycles.